The van der Waals surface area contributed by atoms with E-state index in [0.29, 0.717) is 106 Å². The molecule has 4 saturated heterocycles. The molecule has 8 N–H and O–H groups in total. The van der Waals surface area contributed by atoms with Gasteiger partial charge in [0.25, 0.3) is 11.8 Å². The van der Waals surface area contributed by atoms with E-state index in [9.17, 15) is 55.2 Å². The van der Waals surface area contributed by atoms with Gasteiger partial charge in [0, 0.05) is 101 Å². The number of aromatic amines is 2. The van der Waals surface area contributed by atoms with Gasteiger partial charge >= 0.3 is 30.3 Å². The van der Waals surface area contributed by atoms with Crippen molar-refractivity contribution in [2.75, 3.05) is 65.5 Å². The number of methoxy groups -OCH3 is 4. The SMILES string of the molecule is COC(=O)N[C@@H](CS(C)(=O)=O)C(=O)N1[C@@H]2CC[C@@H](C2)[C@H]1C1=Nc2ccc(-c3ccc4c(c3)C(F)(F)c3cc(-c5cnc([C@@H]6CC7(CC7)CN6C(=O)[C@@H](NC(=O)OC)C(C)C)[nH]5)ccc3-4)cc2C1.COC(=O)N[C@@H](CS(C)(=O)=O)C(=O)O.COC(=O)N[C@H](C(=O)N1CC2(CC2)C[C@H]1c1ncc(-c2ccc3c(c2)C(F)(F)c2cc(-c4ccc5c(c4)CC([C@H]4N[C@@H]6CC[C@H]4C6)=N5)ccc2-3)[nH]1)C(C)C. The molecule has 37 heteroatoms. The highest BCUT2D eigenvalue weighted by molar-refractivity contribution is 7.91. The van der Waals surface area contributed by atoms with E-state index in [2.05, 4.69) is 47.0 Å². The summed E-state index contributed by atoms with van der Waals surface area (Å²) in [5.74, 6) is -8.43. The highest BCUT2D eigenvalue weighted by Gasteiger charge is 2.59. The fourth-order valence-corrected chi connectivity index (χ4v) is 23.7. The lowest BCUT2D eigenvalue weighted by Crippen LogP contribution is -2.58. The van der Waals surface area contributed by atoms with Crippen LogP contribution >= 0.6 is 0 Å². The number of aromatic nitrogens is 4. The average Bonchev–Trinajstić information content (AvgIpc) is 2.44. The molecule has 0 unspecified atom stereocenters. The molecule has 12 aliphatic rings. The van der Waals surface area contributed by atoms with Crippen LogP contribution in [0.25, 0.3) is 67.0 Å². The van der Waals surface area contributed by atoms with Crippen molar-refractivity contribution in [3.63, 3.8) is 0 Å². The van der Waals surface area contributed by atoms with Crippen molar-refractivity contribution >= 4 is 90.5 Å². The number of halogens is 4. The quantitative estimate of drug-likeness (QED) is 0.0231. The van der Waals surface area contributed by atoms with Gasteiger partial charge in [0.1, 0.15) is 55.5 Å². The van der Waals surface area contributed by atoms with E-state index < -0.39 is 103 Å². The predicted molar refractivity (Wildman–Crippen MR) is 493 cm³/mol. The number of likely N-dealkylation sites (tertiary alicyclic amines) is 3. The van der Waals surface area contributed by atoms with Crippen LogP contribution in [0, 0.1) is 34.5 Å². The smallest absolute Gasteiger partial charge is 0.407 e. The minimum Gasteiger partial charge on any atom is -0.480 e. The van der Waals surface area contributed by atoms with E-state index in [1.165, 1.54) is 45.3 Å². The number of carbonyl (C=O) groups excluding carboxylic acids is 7. The zero-order chi connectivity index (χ0) is 95.8. The van der Waals surface area contributed by atoms with Crippen LogP contribution in [-0.2, 0) is 82.5 Å². The number of aliphatic carboxylic acids is 1. The standard InChI is InChI=1S/C49H53F2N7O8S.C43H44F2N6O3.C6H11NO6S/c1-25(2)41(56-47(62)66-4)45(60)57-24-48(14-15-48)21-40(57)43-52-22-38(54-43)28-8-12-33-32-11-7-27(18-34(32)49(50,51)35(33)19-28)26-9-13-36-30(16-26)20-37(53-36)42-29-6-10-31(17-29)58(42)44(59)39(23-67(5,63)64)55-46(61)65-3;1-22(2)37(50-41(53)54-3)40(52)51-21-42(12-13-42)19-36(51)39-46-20-35(49-39)25-6-10-30-29-9-5-24(16-31(29)43(44,45)32(30)17-25)23-7-11-33-27(14-23)18-34(48-33)38-26-4-8-28(15-26)47-38;1-13-6(10)7-4(5(8)9)3-14(2,11)12/h7-9,11-13,16,18-19,22,25,29,31,39-42H,6,10,14-15,17,20-21,23-24H2,1-5H3,(H,52,54)(H,55,61)(H,56,62);5-7,9-11,14,16-17,20,22,26,28,36-38,47H,4,8,12-13,15,18-19,21H2,1-3H3,(H,46,49)(H,50,53);4H,3H2,1-2H3,(H,7,10)(H,8,9)/t29-,31+,39-,40-,41-,42-;26-,28+,36-,37-,38-;4-/m000/s1. The number of carboxylic acid groups (broad SMARTS) is 1. The third kappa shape index (κ3) is 18.2. The van der Waals surface area contributed by atoms with Crippen molar-refractivity contribution in [1.82, 2.24) is 61.2 Å². The molecule has 8 aromatic rings. The van der Waals surface area contributed by atoms with E-state index in [1.54, 1.807) is 64.7 Å². The number of fused-ring (bicyclic) bond motifs is 12. The Bertz CT molecular complexity index is 6490. The Morgan fingerprint density at radius 3 is 1.29 bits per heavy atom. The number of rotatable bonds is 22. The highest BCUT2D eigenvalue weighted by Crippen LogP contribution is 2.61. The number of alkyl carbamates (subject to hydrolysis) is 4. The molecule has 31 nitrogen and oxygen atoms in total. The second-order valence-corrected chi connectivity index (χ2v) is 43.5. The maximum atomic E-state index is 16.7. The lowest BCUT2D eigenvalue weighted by atomic mass is 9.91. The van der Waals surface area contributed by atoms with Crippen molar-refractivity contribution in [3.05, 3.63) is 167 Å². The third-order valence-electron chi connectivity index (χ3n) is 29.2. The Labute approximate surface area is 777 Å². The lowest BCUT2D eigenvalue weighted by Gasteiger charge is -2.37. The number of imidazole rings is 2. The number of amides is 7. The number of carbonyl (C=O) groups is 8. The maximum Gasteiger partial charge on any atom is 0.407 e. The van der Waals surface area contributed by atoms with Gasteiger partial charge < -0.3 is 75.3 Å². The number of hydrogen-bond acceptors (Lipinski definition) is 21. The molecule has 6 aromatic carbocycles. The first-order valence-corrected chi connectivity index (χ1v) is 49.8. The number of carboxylic acids is 1. The summed E-state index contributed by atoms with van der Waals surface area (Å²) in [7, 11) is -2.39. The minimum atomic E-state index is -3.65. The van der Waals surface area contributed by atoms with Gasteiger partial charge in [0.05, 0.1) is 93.2 Å². The van der Waals surface area contributed by atoms with Crippen molar-refractivity contribution in [2.45, 2.75) is 190 Å². The molecule has 8 heterocycles. The third-order valence-corrected chi connectivity index (χ3v) is 31.1. The number of sulfone groups is 2. The molecule has 135 heavy (non-hydrogen) atoms. The fourth-order valence-electron chi connectivity index (χ4n) is 22.0. The number of hydrogen-bond donors (Lipinski definition) is 8. The number of nitrogens with zero attached hydrogens (tertiary/aromatic N) is 7. The summed E-state index contributed by atoms with van der Waals surface area (Å²) in [6, 6.07) is 28.0. The number of piperidine rings is 2. The molecule has 6 aliphatic heterocycles. The Balaban J connectivity index is 0.000000160. The van der Waals surface area contributed by atoms with Crippen LogP contribution in [0.15, 0.2) is 132 Å². The van der Waals surface area contributed by atoms with E-state index in [4.69, 9.17) is 34.3 Å². The summed E-state index contributed by atoms with van der Waals surface area (Å²) in [4.78, 5) is 131. The lowest BCUT2D eigenvalue weighted by molar-refractivity contribution is -0.139. The zero-order valence-electron chi connectivity index (χ0n) is 76.3. The molecule has 712 valence electrons. The minimum absolute atomic E-state index is 0.00310. The number of aliphatic imine (C=N–C) groups is 2. The summed E-state index contributed by atoms with van der Waals surface area (Å²) < 4.78 is 131. The molecule has 20 rings (SSSR count). The first-order valence-electron chi connectivity index (χ1n) is 45.6. The van der Waals surface area contributed by atoms with Gasteiger partial charge in [-0.05, 0) is 216 Å². The number of benzene rings is 6. The van der Waals surface area contributed by atoms with Crippen LogP contribution in [0.3, 0.4) is 0 Å². The second-order valence-electron chi connectivity index (χ2n) is 39.1. The largest absolute Gasteiger partial charge is 0.480 e. The monoisotopic (exact) mass is 1890 g/mol. The number of alkyl halides is 4. The normalized spacial score (nSPS) is 23.1. The van der Waals surface area contributed by atoms with Crippen LogP contribution in [-0.4, -0.2) is 230 Å². The molecule has 0 radical (unpaired) electrons. The number of H-pyrrole nitrogens is 2. The molecule has 12 atom stereocenters. The maximum absolute atomic E-state index is 16.7. The van der Waals surface area contributed by atoms with Gasteiger partial charge in [-0.1, -0.05) is 88.4 Å². The summed E-state index contributed by atoms with van der Waals surface area (Å²) in [6.45, 7) is 8.63. The van der Waals surface area contributed by atoms with E-state index in [1.807, 2.05) is 92.5 Å². The van der Waals surface area contributed by atoms with Crippen molar-refractivity contribution in [1.29, 1.82) is 0 Å². The molecule has 4 saturated carbocycles. The summed E-state index contributed by atoms with van der Waals surface area (Å²) in [5, 5.41) is 22.0. The topological polar surface area (TPSA) is 414 Å². The Kier molecular flexibility index (Phi) is 24.4. The second kappa shape index (κ2) is 35.4. The van der Waals surface area contributed by atoms with Crippen molar-refractivity contribution < 1.29 is 96.8 Å². The molecule has 7 amide bonds. The molecule has 2 spiro atoms. The Hall–Kier alpha value is -12.4. The summed E-state index contributed by atoms with van der Waals surface area (Å²) in [6.07, 6.45) is 14.8. The molecular formula is C98H108F4N14O17S2. The van der Waals surface area contributed by atoms with Gasteiger partial charge in [-0.3, -0.25) is 24.4 Å². The molecule has 4 bridgehead atoms. The number of nitrogens with one attached hydrogen (secondary N) is 7. The molecular weight excluding hydrogens is 1790 g/mol. The van der Waals surface area contributed by atoms with Crippen molar-refractivity contribution in [3.8, 4) is 67.0 Å². The van der Waals surface area contributed by atoms with Crippen LogP contribution < -0.4 is 26.6 Å². The number of ether oxygens (including phenoxy) is 4. The van der Waals surface area contributed by atoms with Crippen molar-refractivity contribution in [2.24, 2.45) is 44.5 Å². The van der Waals surface area contributed by atoms with Gasteiger partial charge in [0.2, 0.25) is 17.7 Å². The zero-order valence-corrected chi connectivity index (χ0v) is 77.9. The summed E-state index contributed by atoms with van der Waals surface area (Å²) in [5.41, 5.74) is 12.8. The Morgan fingerprint density at radius 2 is 0.881 bits per heavy atom. The van der Waals surface area contributed by atoms with Gasteiger partial charge in [-0.25, -0.2) is 50.8 Å². The van der Waals surface area contributed by atoms with Crippen LogP contribution in [0.2, 0.25) is 0 Å². The first-order chi connectivity index (χ1) is 64.1. The van der Waals surface area contributed by atoms with E-state index in [0.717, 1.165) is 129 Å². The Morgan fingerprint density at radius 1 is 0.489 bits per heavy atom. The fraction of sp³-hybridized carbons (Fsp3) is 0.469. The van der Waals surface area contributed by atoms with Gasteiger partial charge in [0.15, 0.2) is 0 Å². The average molecular weight is 1890 g/mol. The van der Waals surface area contributed by atoms with Crippen LogP contribution in [0.1, 0.15) is 162 Å². The predicted octanol–water partition coefficient (Wildman–Crippen LogP) is 14.0. The van der Waals surface area contributed by atoms with Crippen LogP contribution in [0.4, 0.5) is 48.1 Å². The van der Waals surface area contributed by atoms with E-state index >= 15 is 17.6 Å². The van der Waals surface area contributed by atoms with E-state index in [-0.39, 0.29) is 86.8 Å². The van der Waals surface area contributed by atoms with Crippen LogP contribution in [0.5, 0.6) is 0 Å². The molecule has 8 fully saturated rings. The molecule has 2 aromatic heterocycles. The van der Waals surface area contributed by atoms with Gasteiger partial charge in [-0.2, -0.15) is 17.6 Å². The van der Waals surface area contributed by atoms with Gasteiger partial charge in [-0.15, -0.1) is 0 Å². The first kappa shape index (κ1) is 93.0. The molecule has 6 aliphatic carbocycles. The highest BCUT2D eigenvalue weighted by atomic mass is 32.2. The summed E-state index contributed by atoms with van der Waals surface area (Å²) >= 11 is 0.